The van der Waals surface area contributed by atoms with E-state index in [1.165, 1.54) is 0 Å². The maximum Gasteiger partial charge on any atom is 0.175 e. The van der Waals surface area contributed by atoms with Crippen LogP contribution in [0.5, 0.6) is 0 Å². The Kier molecular flexibility index (Phi) is 6.73. The van der Waals surface area contributed by atoms with Gasteiger partial charge in [-0.3, -0.25) is 4.68 Å². The van der Waals surface area contributed by atoms with Crippen molar-refractivity contribution < 1.29 is 0 Å². The summed E-state index contributed by atoms with van der Waals surface area (Å²) < 4.78 is 1.87. The van der Waals surface area contributed by atoms with Crippen molar-refractivity contribution in [3.63, 3.8) is 0 Å². The van der Waals surface area contributed by atoms with Crippen LogP contribution in [0.2, 0.25) is 20.1 Å². The van der Waals surface area contributed by atoms with Gasteiger partial charge in [0.25, 0.3) is 0 Å². The zero-order valence-electron chi connectivity index (χ0n) is 15.0. The van der Waals surface area contributed by atoms with Crippen LogP contribution in [-0.2, 0) is 6.54 Å². The lowest BCUT2D eigenvalue weighted by molar-refractivity contribution is 0.659. The minimum absolute atomic E-state index is 0.411. The Labute approximate surface area is 188 Å². The molecule has 0 atom stereocenters. The van der Waals surface area contributed by atoms with Crippen LogP contribution < -0.4 is 10.6 Å². The fourth-order valence-electron chi connectivity index (χ4n) is 2.74. The number of hydrogen-bond donors (Lipinski definition) is 2. The molecule has 3 aromatic rings. The van der Waals surface area contributed by atoms with Gasteiger partial charge in [0.15, 0.2) is 5.11 Å². The first-order valence-electron chi connectivity index (χ1n) is 8.25. The molecule has 0 spiro atoms. The summed E-state index contributed by atoms with van der Waals surface area (Å²) in [6, 6.07) is 10.6. The van der Waals surface area contributed by atoms with Gasteiger partial charge in [-0.15, -0.1) is 0 Å². The molecule has 0 aliphatic carbocycles. The van der Waals surface area contributed by atoms with Crippen molar-refractivity contribution in [1.82, 2.24) is 9.78 Å². The largest absolute Gasteiger partial charge is 0.332 e. The van der Waals surface area contributed by atoms with E-state index in [1.54, 1.807) is 24.3 Å². The van der Waals surface area contributed by atoms with Crippen molar-refractivity contribution in [3.05, 3.63) is 73.4 Å². The number of rotatable bonds is 4. The highest BCUT2D eigenvalue weighted by atomic mass is 35.5. The molecule has 0 amide bonds. The molecule has 1 heterocycles. The van der Waals surface area contributed by atoms with Gasteiger partial charge in [-0.1, -0.05) is 52.5 Å². The second-order valence-electron chi connectivity index (χ2n) is 6.18. The van der Waals surface area contributed by atoms with Crippen LogP contribution in [0.15, 0.2) is 36.4 Å². The number of anilines is 2. The summed E-state index contributed by atoms with van der Waals surface area (Å²) in [6.45, 7) is 4.40. The first-order chi connectivity index (χ1) is 13.2. The highest BCUT2D eigenvalue weighted by Gasteiger charge is 2.14. The summed E-state index contributed by atoms with van der Waals surface area (Å²) in [5.74, 6) is 0. The number of benzene rings is 2. The smallest absolute Gasteiger partial charge is 0.175 e. The van der Waals surface area contributed by atoms with E-state index in [4.69, 9.17) is 58.6 Å². The standard InChI is InChI=1S/C19H16Cl4N4S/c1-10-18(25-19(28)24-16-6-14(21)5-15(22)7-16)11(2)27(26-10)9-12-3-4-13(20)8-17(12)23/h3-8H,9H2,1-2H3,(H2,24,25,28). The summed E-state index contributed by atoms with van der Waals surface area (Å²) in [5, 5.41) is 13.5. The Morgan fingerprint density at radius 1 is 0.964 bits per heavy atom. The van der Waals surface area contributed by atoms with Gasteiger partial charge in [0, 0.05) is 25.8 Å². The van der Waals surface area contributed by atoms with Gasteiger partial charge in [0.05, 0.1) is 23.6 Å². The van der Waals surface area contributed by atoms with Gasteiger partial charge in [-0.05, 0) is 62.0 Å². The Morgan fingerprint density at radius 3 is 2.29 bits per heavy atom. The normalized spacial score (nSPS) is 10.8. The number of aromatic nitrogens is 2. The Hall–Kier alpha value is -1.50. The second-order valence-corrected chi connectivity index (χ2v) is 8.30. The third kappa shape index (κ3) is 5.10. The summed E-state index contributed by atoms with van der Waals surface area (Å²) >= 11 is 29.7. The maximum absolute atomic E-state index is 6.28. The fraction of sp³-hybridized carbons (Fsp3) is 0.158. The lowest BCUT2D eigenvalue weighted by Gasteiger charge is -2.12. The number of thiocarbonyl (C=S) groups is 1. The molecule has 0 saturated heterocycles. The van der Waals surface area contributed by atoms with Crippen LogP contribution in [0.4, 0.5) is 11.4 Å². The zero-order valence-corrected chi connectivity index (χ0v) is 18.8. The SMILES string of the molecule is Cc1nn(Cc2ccc(Cl)cc2Cl)c(C)c1NC(=S)Nc1cc(Cl)cc(Cl)c1. The average Bonchev–Trinajstić information content (AvgIpc) is 2.84. The molecule has 0 radical (unpaired) electrons. The molecule has 9 heteroatoms. The van der Waals surface area contributed by atoms with Crippen LogP contribution in [0.1, 0.15) is 17.0 Å². The van der Waals surface area contributed by atoms with Crippen molar-refractivity contribution in [2.24, 2.45) is 0 Å². The maximum atomic E-state index is 6.28. The van der Waals surface area contributed by atoms with Gasteiger partial charge in [0.1, 0.15) is 0 Å². The number of hydrogen-bond acceptors (Lipinski definition) is 2. The fourth-order valence-corrected chi connectivity index (χ4v) is 3.96. The Morgan fingerprint density at radius 2 is 1.64 bits per heavy atom. The molecular weight excluding hydrogens is 458 g/mol. The quantitative estimate of drug-likeness (QED) is 0.401. The predicted octanol–water partition coefficient (Wildman–Crippen LogP) is 6.97. The van der Waals surface area contributed by atoms with Crippen LogP contribution in [0.25, 0.3) is 0 Å². The molecule has 28 heavy (non-hydrogen) atoms. The van der Waals surface area contributed by atoms with E-state index >= 15 is 0 Å². The van der Waals surface area contributed by atoms with Crippen LogP contribution >= 0.6 is 58.6 Å². The summed E-state index contributed by atoms with van der Waals surface area (Å²) in [5.41, 5.74) is 4.20. The van der Waals surface area contributed by atoms with Gasteiger partial charge < -0.3 is 10.6 Å². The molecule has 0 saturated carbocycles. The van der Waals surface area contributed by atoms with Gasteiger partial charge in [0.2, 0.25) is 0 Å². The molecule has 3 rings (SSSR count). The van der Waals surface area contributed by atoms with E-state index in [1.807, 2.05) is 30.7 Å². The molecule has 0 aliphatic heterocycles. The van der Waals surface area contributed by atoms with E-state index in [-0.39, 0.29) is 0 Å². The molecule has 1 aromatic heterocycles. The molecule has 0 bridgehead atoms. The number of nitrogens with zero attached hydrogens (tertiary/aromatic N) is 2. The van der Waals surface area contributed by atoms with Crippen LogP contribution in [0, 0.1) is 13.8 Å². The van der Waals surface area contributed by atoms with E-state index < -0.39 is 0 Å². The van der Waals surface area contributed by atoms with Crippen molar-refractivity contribution in [2.45, 2.75) is 20.4 Å². The van der Waals surface area contributed by atoms with Crippen LogP contribution in [0.3, 0.4) is 0 Å². The van der Waals surface area contributed by atoms with E-state index in [0.717, 1.165) is 22.6 Å². The summed E-state index contributed by atoms with van der Waals surface area (Å²) in [4.78, 5) is 0. The molecular formula is C19H16Cl4N4S. The molecule has 2 N–H and O–H groups in total. The third-order valence-electron chi connectivity index (χ3n) is 4.08. The molecule has 146 valence electrons. The first-order valence-corrected chi connectivity index (χ1v) is 10.2. The first kappa shape index (κ1) is 21.2. The molecule has 0 unspecified atom stereocenters. The average molecular weight is 474 g/mol. The molecule has 0 aliphatic rings. The predicted molar refractivity (Wildman–Crippen MR) is 124 cm³/mol. The van der Waals surface area contributed by atoms with Crippen molar-refractivity contribution >= 4 is 75.1 Å². The van der Waals surface area contributed by atoms with E-state index in [0.29, 0.717) is 37.4 Å². The Bertz CT molecular complexity index is 1030. The highest BCUT2D eigenvalue weighted by Crippen LogP contribution is 2.26. The number of halogens is 4. The molecule has 0 fully saturated rings. The lowest BCUT2D eigenvalue weighted by Crippen LogP contribution is -2.20. The van der Waals surface area contributed by atoms with E-state index in [9.17, 15) is 0 Å². The van der Waals surface area contributed by atoms with Crippen molar-refractivity contribution in [3.8, 4) is 0 Å². The third-order valence-corrected chi connectivity index (χ3v) is 5.30. The van der Waals surface area contributed by atoms with Gasteiger partial charge in [-0.2, -0.15) is 5.10 Å². The summed E-state index contributed by atoms with van der Waals surface area (Å²) in [7, 11) is 0. The Balaban J connectivity index is 1.76. The summed E-state index contributed by atoms with van der Waals surface area (Å²) in [6.07, 6.45) is 0. The second kappa shape index (κ2) is 8.89. The molecule has 4 nitrogen and oxygen atoms in total. The monoisotopic (exact) mass is 472 g/mol. The number of aryl methyl sites for hydroxylation is 1. The minimum atomic E-state index is 0.411. The zero-order chi connectivity index (χ0) is 20.4. The highest BCUT2D eigenvalue weighted by molar-refractivity contribution is 7.80. The van der Waals surface area contributed by atoms with Gasteiger partial charge >= 0.3 is 0 Å². The topological polar surface area (TPSA) is 41.9 Å². The number of nitrogens with one attached hydrogen (secondary N) is 2. The van der Waals surface area contributed by atoms with Crippen LogP contribution in [-0.4, -0.2) is 14.9 Å². The minimum Gasteiger partial charge on any atom is -0.332 e. The van der Waals surface area contributed by atoms with E-state index in [2.05, 4.69) is 15.7 Å². The lowest BCUT2D eigenvalue weighted by atomic mass is 10.2. The van der Waals surface area contributed by atoms with Gasteiger partial charge in [-0.25, -0.2) is 0 Å². The van der Waals surface area contributed by atoms with Crippen molar-refractivity contribution in [1.29, 1.82) is 0 Å². The molecule has 2 aromatic carbocycles. The van der Waals surface area contributed by atoms with Crippen molar-refractivity contribution in [2.75, 3.05) is 10.6 Å².